The molecule has 2 aromatic rings. The quantitative estimate of drug-likeness (QED) is 0.722. The molecule has 1 saturated heterocycles. The number of benzene rings is 1. The Kier molecular flexibility index (Phi) is 6.73. The summed E-state index contributed by atoms with van der Waals surface area (Å²) in [5, 5.41) is 6.80. The summed E-state index contributed by atoms with van der Waals surface area (Å²) in [6.45, 7) is 2.24. The summed E-state index contributed by atoms with van der Waals surface area (Å²) in [7, 11) is 0. The lowest BCUT2D eigenvalue weighted by Crippen LogP contribution is -2.64. The van der Waals surface area contributed by atoms with Crippen molar-refractivity contribution < 1.29 is 23.3 Å². The number of aromatic nitrogens is 1. The fourth-order valence-electron chi connectivity index (χ4n) is 4.44. The molecule has 4 rings (SSSR count). The minimum Gasteiger partial charge on any atom is -0.361 e. The van der Waals surface area contributed by atoms with E-state index in [-0.39, 0.29) is 36.4 Å². The third-order valence-corrected chi connectivity index (χ3v) is 6.20. The van der Waals surface area contributed by atoms with Crippen LogP contribution < -0.4 is 11.1 Å². The van der Waals surface area contributed by atoms with Crippen molar-refractivity contribution >= 4 is 17.7 Å². The summed E-state index contributed by atoms with van der Waals surface area (Å²) in [6, 6.07) is 6.68. The van der Waals surface area contributed by atoms with E-state index in [9.17, 15) is 18.8 Å². The monoisotopic (exact) mass is 457 g/mol. The molecule has 0 bridgehead atoms. The van der Waals surface area contributed by atoms with Crippen LogP contribution in [0.1, 0.15) is 58.7 Å². The standard InChI is InChI=1S/C23H28FN5O4/c1-14-13-19(27-33-14)23(32)29-12-2-11-28(22(31)15-3-5-16(24)6-4-15)21(29)20(30)26-18-9-7-17(25)8-10-18/h3-6,13,17-18,21H,2,7-12,25H2,1H3,(H,26,30). The molecule has 33 heavy (non-hydrogen) atoms. The molecule has 1 aromatic heterocycles. The summed E-state index contributed by atoms with van der Waals surface area (Å²) in [6.07, 6.45) is 2.40. The van der Waals surface area contributed by atoms with Crippen LogP contribution in [0.25, 0.3) is 0 Å². The molecule has 2 heterocycles. The van der Waals surface area contributed by atoms with Gasteiger partial charge in [-0.2, -0.15) is 0 Å². The maximum absolute atomic E-state index is 13.5. The third kappa shape index (κ3) is 5.05. The minimum atomic E-state index is -1.16. The summed E-state index contributed by atoms with van der Waals surface area (Å²) in [5.41, 5.74) is 6.29. The van der Waals surface area contributed by atoms with Crippen molar-refractivity contribution in [1.29, 1.82) is 0 Å². The number of hydrogen-bond acceptors (Lipinski definition) is 6. The molecule has 3 amide bonds. The van der Waals surface area contributed by atoms with Gasteiger partial charge in [0.05, 0.1) is 0 Å². The molecular formula is C23H28FN5O4. The number of amides is 3. The first-order valence-corrected chi connectivity index (χ1v) is 11.2. The number of hydrogen-bond donors (Lipinski definition) is 2. The molecule has 0 radical (unpaired) electrons. The van der Waals surface area contributed by atoms with Gasteiger partial charge in [0, 0.05) is 36.8 Å². The zero-order chi connectivity index (χ0) is 23.5. The largest absolute Gasteiger partial charge is 0.361 e. The molecule has 1 aliphatic carbocycles. The van der Waals surface area contributed by atoms with E-state index in [1.54, 1.807) is 6.92 Å². The fourth-order valence-corrected chi connectivity index (χ4v) is 4.44. The van der Waals surface area contributed by atoms with Crippen molar-refractivity contribution in [2.24, 2.45) is 5.73 Å². The van der Waals surface area contributed by atoms with E-state index in [2.05, 4.69) is 10.5 Å². The molecule has 10 heteroatoms. The van der Waals surface area contributed by atoms with Crippen molar-refractivity contribution in [2.45, 2.75) is 57.3 Å². The first-order valence-electron chi connectivity index (χ1n) is 11.2. The number of carbonyl (C=O) groups excluding carboxylic acids is 3. The van der Waals surface area contributed by atoms with E-state index in [4.69, 9.17) is 10.3 Å². The van der Waals surface area contributed by atoms with E-state index in [1.165, 1.54) is 40.1 Å². The van der Waals surface area contributed by atoms with Gasteiger partial charge in [-0.05, 0) is 63.3 Å². The number of carbonyl (C=O) groups is 3. The molecule has 1 aromatic carbocycles. The van der Waals surface area contributed by atoms with Gasteiger partial charge < -0.3 is 25.4 Å². The molecule has 9 nitrogen and oxygen atoms in total. The summed E-state index contributed by atoms with van der Waals surface area (Å²) < 4.78 is 18.4. The van der Waals surface area contributed by atoms with Gasteiger partial charge in [-0.3, -0.25) is 14.4 Å². The highest BCUT2D eigenvalue weighted by molar-refractivity contribution is 6.01. The highest BCUT2D eigenvalue weighted by Gasteiger charge is 2.42. The molecule has 176 valence electrons. The van der Waals surface area contributed by atoms with Crippen LogP contribution in [0, 0.1) is 12.7 Å². The van der Waals surface area contributed by atoms with Crippen molar-refractivity contribution in [3.63, 3.8) is 0 Å². The normalized spacial score (nSPS) is 23.3. The molecule has 3 N–H and O–H groups in total. The van der Waals surface area contributed by atoms with Crippen molar-refractivity contribution in [1.82, 2.24) is 20.3 Å². The Morgan fingerprint density at radius 3 is 2.30 bits per heavy atom. The summed E-state index contributed by atoms with van der Waals surface area (Å²) in [4.78, 5) is 42.7. The van der Waals surface area contributed by atoms with E-state index in [1.807, 2.05) is 0 Å². The van der Waals surface area contributed by atoms with E-state index >= 15 is 0 Å². The van der Waals surface area contributed by atoms with Crippen LogP contribution in [0.4, 0.5) is 4.39 Å². The minimum absolute atomic E-state index is 0.0741. The van der Waals surface area contributed by atoms with Crippen LogP contribution in [-0.2, 0) is 4.79 Å². The molecule has 2 aliphatic rings. The Morgan fingerprint density at radius 1 is 1.06 bits per heavy atom. The molecule has 1 atom stereocenters. The van der Waals surface area contributed by atoms with Crippen LogP contribution in [0.5, 0.6) is 0 Å². The Labute approximate surface area is 191 Å². The number of aryl methyl sites for hydroxylation is 1. The van der Waals surface area contributed by atoms with Crippen molar-refractivity contribution in [2.75, 3.05) is 13.1 Å². The number of nitrogens with one attached hydrogen (secondary N) is 1. The predicted octanol–water partition coefficient (Wildman–Crippen LogP) is 1.82. The second-order valence-electron chi connectivity index (χ2n) is 8.67. The van der Waals surface area contributed by atoms with E-state index < -0.39 is 29.7 Å². The molecule has 1 unspecified atom stereocenters. The van der Waals surface area contributed by atoms with Crippen molar-refractivity contribution in [3.8, 4) is 0 Å². The van der Waals surface area contributed by atoms with Gasteiger partial charge in [-0.1, -0.05) is 5.16 Å². The van der Waals surface area contributed by atoms with E-state index in [0.717, 1.165) is 25.7 Å². The molecule has 2 fully saturated rings. The molecular weight excluding hydrogens is 429 g/mol. The fraction of sp³-hybridized carbons (Fsp3) is 0.478. The Morgan fingerprint density at radius 2 is 1.70 bits per heavy atom. The number of nitrogens with zero attached hydrogens (tertiary/aromatic N) is 3. The second-order valence-corrected chi connectivity index (χ2v) is 8.67. The summed E-state index contributed by atoms with van der Waals surface area (Å²) in [5.74, 6) is -1.37. The number of nitrogens with two attached hydrogens (primary N) is 1. The van der Waals surface area contributed by atoms with Gasteiger partial charge in [0.2, 0.25) is 0 Å². The molecule has 0 spiro atoms. The number of rotatable bonds is 4. The Balaban J connectivity index is 1.62. The maximum Gasteiger partial charge on any atom is 0.278 e. The second kappa shape index (κ2) is 9.70. The zero-order valence-electron chi connectivity index (χ0n) is 18.5. The lowest BCUT2D eigenvalue weighted by molar-refractivity contribution is -0.133. The highest BCUT2D eigenvalue weighted by atomic mass is 19.1. The first-order chi connectivity index (χ1) is 15.8. The topological polar surface area (TPSA) is 122 Å². The SMILES string of the molecule is Cc1cc(C(=O)N2CCCN(C(=O)c3ccc(F)cc3)C2C(=O)NC2CCC(N)CC2)no1. The van der Waals surface area contributed by atoms with Gasteiger partial charge in [-0.25, -0.2) is 4.39 Å². The zero-order valence-corrected chi connectivity index (χ0v) is 18.5. The maximum atomic E-state index is 13.5. The smallest absolute Gasteiger partial charge is 0.278 e. The highest BCUT2D eigenvalue weighted by Crippen LogP contribution is 2.23. The van der Waals surface area contributed by atoms with Gasteiger partial charge in [0.15, 0.2) is 11.9 Å². The molecule has 1 aliphatic heterocycles. The predicted molar refractivity (Wildman–Crippen MR) is 116 cm³/mol. The lowest BCUT2D eigenvalue weighted by atomic mass is 9.91. The van der Waals surface area contributed by atoms with Crippen LogP contribution in [0.15, 0.2) is 34.9 Å². The first kappa shape index (κ1) is 22.9. The van der Waals surface area contributed by atoms with Crippen LogP contribution in [-0.4, -0.2) is 64.0 Å². The van der Waals surface area contributed by atoms with Gasteiger partial charge >= 0.3 is 0 Å². The average Bonchev–Trinajstić information content (AvgIpc) is 3.26. The third-order valence-electron chi connectivity index (χ3n) is 6.20. The van der Waals surface area contributed by atoms with Crippen LogP contribution in [0.3, 0.4) is 0 Å². The van der Waals surface area contributed by atoms with Gasteiger partial charge in [-0.15, -0.1) is 0 Å². The summed E-state index contributed by atoms with van der Waals surface area (Å²) >= 11 is 0. The lowest BCUT2D eigenvalue weighted by Gasteiger charge is -2.43. The average molecular weight is 458 g/mol. The van der Waals surface area contributed by atoms with Crippen LogP contribution >= 0.6 is 0 Å². The van der Waals surface area contributed by atoms with E-state index in [0.29, 0.717) is 12.2 Å². The Bertz CT molecular complexity index is 1020. The van der Waals surface area contributed by atoms with Gasteiger partial charge in [0.1, 0.15) is 11.6 Å². The van der Waals surface area contributed by atoms with Crippen molar-refractivity contribution in [3.05, 3.63) is 53.2 Å². The molecule has 1 saturated carbocycles. The van der Waals surface area contributed by atoms with Crippen LogP contribution in [0.2, 0.25) is 0 Å². The number of halogens is 1. The van der Waals surface area contributed by atoms with Gasteiger partial charge in [0.25, 0.3) is 17.7 Å². The Hall–Kier alpha value is -3.27.